The minimum Gasteiger partial charge on any atom is -0.485 e. The number of rotatable bonds is 4. The Kier molecular flexibility index (Phi) is 4.30. The fraction of sp³-hybridized carbons (Fsp3) is 0.286. The van der Waals surface area contributed by atoms with Crippen molar-refractivity contribution >= 4 is 21.6 Å². The van der Waals surface area contributed by atoms with Crippen LogP contribution in [-0.4, -0.2) is 9.78 Å². The van der Waals surface area contributed by atoms with E-state index in [1.165, 1.54) is 0 Å². The summed E-state index contributed by atoms with van der Waals surface area (Å²) in [6.45, 7) is 2.41. The highest BCUT2D eigenvalue weighted by atomic mass is 79.9. The molecule has 0 saturated heterocycles. The van der Waals surface area contributed by atoms with E-state index in [9.17, 15) is 0 Å². The number of anilines is 1. The van der Waals surface area contributed by atoms with E-state index in [4.69, 9.17) is 15.7 Å². The minimum absolute atomic E-state index is 0.361. The minimum atomic E-state index is 0.361. The summed E-state index contributed by atoms with van der Waals surface area (Å²) in [5.74, 6) is 0.565. The summed E-state index contributed by atoms with van der Waals surface area (Å²) in [5.41, 5.74) is 8.78. The van der Waals surface area contributed by atoms with Crippen molar-refractivity contribution in [3.8, 4) is 11.8 Å². The number of aromatic nitrogens is 2. The third kappa shape index (κ3) is 2.78. The van der Waals surface area contributed by atoms with Gasteiger partial charge in [-0.3, -0.25) is 4.68 Å². The molecule has 0 bridgehead atoms. The molecule has 1 aromatic carbocycles. The molecular formula is C14H15BrN4O. The van der Waals surface area contributed by atoms with Crippen LogP contribution in [0, 0.1) is 11.3 Å². The van der Waals surface area contributed by atoms with Gasteiger partial charge in [0.1, 0.15) is 12.4 Å². The van der Waals surface area contributed by atoms with Gasteiger partial charge in [-0.15, -0.1) is 0 Å². The molecule has 2 N–H and O–H groups in total. The molecule has 5 nitrogen and oxygen atoms in total. The molecule has 0 aliphatic heterocycles. The average Bonchev–Trinajstić information content (AvgIpc) is 2.72. The summed E-state index contributed by atoms with van der Waals surface area (Å²) < 4.78 is 8.48. The van der Waals surface area contributed by atoms with Gasteiger partial charge in [0.05, 0.1) is 33.2 Å². The number of nitrogens with zero attached hydrogens (tertiary/aromatic N) is 3. The molecule has 0 atom stereocenters. The molecule has 104 valence electrons. The highest BCUT2D eigenvalue weighted by Gasteiger charge is 2.13. The summed E-state index contributed by atoms with van der Waals surface area (Å²) in [6, 6.07) is 7.03. The zero-order valence-electron chi connectivity index (χ0n) is 11.4. The third-order valence-electron chi connectivity index (χ3n) is 3.01. The number of hydrogen-bond acceptors (Lipinski definition) is 4. The number of ether oxygens (including phenoxy) is 1. The van der Waals surface area contributed by atoms with Crippen molar-refractivity contribution in [1.29, 1.82) is 5.26 Å². The van der Waals surface area contributed by atoms with E-state index in [1.807, 2.05) is 13.1 Å². The molecule has 2 rings (SSSR count). The van der Waals surface area contributed by atoms with Gasteiger partial charge in [-0.05, 0) is 40.5 Å². The lowest BCUT2D eigenvalue weighted by molar-refractivity contribution is 0.295. The topological polar surface area (TPSA) is 76.9 Å². The second-order valence-corrected chi connectivity index (χ2v) is 5.13. The first kappa shape index (κ1) is 14.4. The molecule has 20 heavy (non-hydrogen) atoms. The fourth-order valence-corrected chi connectivity index (χ4v) is 2.60. The van der Waals surface area contributed by atoms with Gasteiger partial charge in [0.25, 0.3) is 0 Å². The molecule has 0 saturated carbocycles. The second-order valence-electron chi connectivity index (χ2n) is 4.34. The maximum atomic E-state index is 8.80. The molecule has 0 radical (unpaired) electrons. The molecule has 0 aliphatic rings. The Morgan fingerprint density at radius 1 is 1.50 bits per heavy atom. The van der Waals surface area contributed by atoms with Crippen LogP contribution in [0.4, 0.5) is 5.69 Å². The van der Waals surface area contributed by atoms with Gasteiger partial charge < -0.3 is 10.5 Å². The molecular weight excluding hydrogens is 320 g/mol. The predicted molar refractivity (Wildman–Crippen MR) is 80.2 cm³/mol. The lowest BCUT2D eigenvalue weighted by Gasteiger charge is -2.09. The Hall–Kier alpha value is -2.00. The van der Waals surface area contributed by atoms with Crippen molar-refractivity contribution in [2.45, 2.75) is 20.0 Å². The van der Waals surface area contributed by atoms with Gasteiger partial charge in [-0.1, -0.05) is 6.92 Å². The van der Waals surface area contributed by atoms with Crippen LogP contribution in [0.5, 0.6) is 5.75 Å². The SMILES string of the molecule is CCc1nn(C)c(COc2ccc(C#N)cc2N)c1Br. The Morgan fingerprint density at radius 2 is 2.25 bits per heavy atom. The molecule has 0 aliphatic carbocycles. The number of nitrogen functional groups attached to an aromatic ring is 1. The number of halogens is 1. The lowest BCUT2D eigenvalue weighted by atomic mass is 10.2. The first-order chi connectivity index (χ1) is 9.56. The van der Waals surface area contributed by atoms with E-state index in [0.717, 1.165) is 22.3 Å². The summed E-state index contributed by atoms with van der Waals surface area (Å²) in [6.07, 6.45) is 0.855. The third-order valence-corrected chi connectivity index (χ3v) is 3.92. The van der Waals surface area contributed by atoms with Crippen LogP contribution in [0.25, 0.3) is 0 Å². The summed E-state index contributed by atoms with van der Waals surface area (Å²) in [4.78, 5) is 0. The number of benzene rings is 1. The molecule has 0 spiro atoms. The van der Waals surface area contributed by atoms with Gasteiger partial charge in [-0.25, -0.2) is 0 Å². The van der Waals surface area contributed by atoms with E-state index in [0.29, 0.717) is 23.6 Å². The Morgan fingerprint density at radius 3 is 2.80 bits per heavy atom. The van der Waals surface area contributed by atoms with E-state index in [2.05, 4.69) is 28.0 Å². The Bertz CT molecular complexity index is 673. The maximum absolute atomic E-state index is 8.80. The van der Waals surface area contributed by atoms with Gasteiger partial charge in [0.2, 0.25) is 0 Å². The zero-order valence-corrected chi connectivity index (χ0v) is 12.9. The molecule has 0 amide bonds. The number of aryl methyl sites for hydroxylation is 2. The van der Waals surface area contributed by atoms with E-state index >= 15 is 0 Å². The first-order valence-corrected chi connectivity index (χ1v) is 6.98. The largest absolute Gasteiger partial charge is 0.485 e. The molecule has 6 heteroatoms. The maximum Gasteiger partial charge on any atom is 0.142 e. The molecule has 0 fully saturated rings. The second kappa shape index (κ2) is 5.97. The molecule has 2 aromatic rings. The van der Waals surface area contributed by atoms with Gasteiger partial charge in [-0.2, -0.15) is 10.4 Å². The monoisotopic (exact) mass is 334 g/mol. The smallest absolute Gasteiger partial charge is 0.142 e. The summed E-state index contributed by atoms with van der Waals surface area (Å²) in [7, 11) is 1.88. The van der Waals surface area contributed by atoms with Crippen molar-refractivity contribution in [3.63, 3.8) is 0 Å². The number of nitrogens with two attached hydrogens (primary N) is 1. The van der Waals surface area contributed by atoms with E-state index < -0.39 is 0 Å². The van der Waals surface area contributed by atoms with Crippen molar-refractivity contribution < 1.29 is 4.74 Å². The van der Waals surface area contributed by atoms with Crippen LogP contribution in [0.2, 0.25) is 0 Å². The van der Waals surface area contributed by atoms with Crippen molar-refractivity contribution in [2.24, 2.45) is 7.05 Å². The van der Waals surface area contributed by atoms with Crippen LogP contribution in [0.3, 0.4) is 0 Å². The van der Waals surface area contributed by atoms with Crippen LogP contribution in [0.1, 0.15) is 23.9 Å². The van der Waals surface area contributed by atoms with Crippen LogP contribution >= 0.6 is 15.9 Å². The fourth-order valence-electron chi connectivity index (χ4n) is 1.87. The zero-order chi connectivity index (χ0) is 14.7. The first-order valence-electron chi connectivity index (χ1n) is 6.19. The molecule has 1 aromatic heterocycles. The number of hydrogen-bond donors (Lipinski definition) is 1. The predicted octanol–water partition coefficient (Wildman–Crippen LogP) is 2.78. The Balaban J connectivity index is 2.17. The lowest BCUT2D eigenvalue weighted by Crippen LogP contribution is -2.05. The number of nitriles is 1. The standard InChI is InChI=1S/C14H15BrN4O/c1-3-11-14(15)12(19(2)18-11)8-20-13-5-4-9(7-16)6-10(13)17/h4-6H,3,8,17H2,1-2H3. The highest BCUT2D eigenvalue weighted by molar-refractivity contribution is 9.10. The van der Waals surface area contributed by atoms with Gasteiger partial charge >= 0.3 is 0 Å². The average molecular weight is 335 g/mol. The molecule has 0 unspecified atom stereocenters. The Labute approximate surface area is 126 Å². The van der Waals surface area contributed by atoms with E-state index in [1.54, 1.807) is 22.9 Å². The molecule has 1 heterocycles. The van der Waals surface area contributed by atoms with Crippen molar-refractivity contribution in [1.82, 2.24) is 9.78 Å². The van der Waals surface area contributed by atoms with E-state index in [-0.39, 0.29) is 0 Å². The van der Waals surface area contributed by atoms with Crippen LogP contribution in [-0.2, 0) is 20.1 Å². The van der Waals surface area contributed by atoms with Gasteiger partial charge in [0.15, 0.2) is 0 Å². The summed E-state index contributed by atoms with van der Waals surface area (Å²) in [5, 5.41) is 13.2. The van der Waals surface area contributed by atoms with Crippen LogP contribution in [0.15, 0.2) is 22.7 Å². The normalized spacial score (nSPS) is 10.3. The quantitative estimate of drug-likeness (QED) is 0.872. The van der Waals surface area contributed by atoms with Crippen molar-refractivity contribution in [3.05, 3.63) is 39.6 Å². The summed E-state index contributed by atoms with van der Waals surface area (Å²) >= 11 is 3.54. The van der Waals surface area contributed by atoms with Crippen molar-refractivity contribution in [2.75, 3.05) is 5.73 Å². The van der Waals surface area contributed by atoms with Crippen LogP contribution < -0.4 is 10.5 Å². The van der Waals surface area contributed by atoms with Gasteiger partial charge in [0, 0.05) is 7.05 Å². The highest BCUT2D eigenvalue weighted by Crippen LogP contribution is 2.26.